The molecule has 1 atom stereocenters. The molecular weight excluding hydrogens is 382 g/mol. The first-order valence-corrected chi connectivity index (χ1v) is 9.46. The van der Waals surface area contributed by atoms with E-state index in [-0.39, 0.29) is 17.2 Å². The van der Waals surface area contributed by atoms with E-state index < -0.39 is 5.97 Å². The van der Waals surface area contributed by atoms with Crippen LogP contribution in [0.5, 0.6) is 0 Å². The molecule has 0 bridgehead atoms. The maximum atomic E-state index is 12.8. The van der Waals surface area contributed by atoms with Crippen LogP contribution in [0, 0.1) is 6.92 Å². The summed E-state index contributed by atoms with van der Waals surface area (Å²) in [6.07, 6.45) is 3.54. The molecule has 0 saturated carbocycles. The number of para-hydroxylation sites is 1. The second-order valence-corrected chi connectivity index (χ2v) is 7.24. The summed E-state index contributed by atoms with van der Waals surface area (Å²) in [5.74, 6) is -1.01. The van der Waals surface area contributed by atoms with Gasteiger partial charge in [0.1, 0.15) is 11.3 Å². The number of hydrogen-bond donors (Lipinski definition) is 2. The molecule has 4 aromatic rings. The van der Waals surface area contributed by atoms with Gasteiger partial charge in [0.05, 0.1) is 17.3 Å². The van der Waals surface area contributed by atoms with Crippen LogP contribution >= 0.6 is 0 Å². The van der Waals surface area contributed by atoms with E-state index in [1.165, 1.54) is 10.5 Å². The molecule has 4 rings (SSSR count). The monoisotopic (exact) mass is 403 g/mol. The highest BCUT2D eigenvalue weighted by Crippen LogP contribution is 2.26. The number of carboxylic acid groups (broad SMARTS) is 1. The fraction of sp³-hybridized carbons (Fsp3) is 0.182. The standard InChI is InChI=1S/C22H21N5O3/c1-13-10-16(14(2)23-17-7-5-4-6-15(17)22(29)30)21-24-19(11-20(28)27(21)12-13)18-8-9-26(3)25-18/h4-12,14,23H,1-3H3,(H,29,30). The van der Waals surface area contributed by atoms with E-state index in [2.05, 4.69) is 10.4 Å². The van der Waals surface area contributed by atoms with Gasteiger partial charge < -0.3 is 10.4 Å². The molecule has 0 saturated heterocycles. The highest BCUT2D eigenvalue weighted by molar-refractivity contribution is 5.94. The SMILES string of the molecule is Cc1cc(C(C)Nc2ccccc2C(=O)O)c2nc(-c3ccn(C)n3)cc(=O)n2c1. The third-order valence-electron chi connectivity index (χ3n) is 4.90. The summed E-state index contributed by atoms with van der Waals surface area (Å²) in [5.41, 5.74) is 3.76. The van der Waals surface area contributed by atoms with E-state index in [9.17, 15) is 14.7 Å². The van der Waals surface area contributed by atoms with Crippen LogP contribution < -0.4 is 10.9 Å². The summed E-state index contributed by atoms with van der Waals surface area (Å²) >= 11 is 0. The number of aryl methyl sites for hydroxylation is 2. The summed E-state index contributed by atoms with van der Waals surface area (Å²) in [7, 11) is 1.80. The van der Waals surface area contributed by atoms with Gasteiger partial charge in [-0.3, -0.25) is 13.9 Å². The van der Waals surface area contributed by atoms with Crippen LogP contribution in [0.4, 0.5) is 5.69 Å². The molecule has 0 fully saturated rings. The molecule has 8 nitrogen and oxygen atoms in total. The summed E-state index contributed by atoms with van der Waals surface area (Å²) in [6, 6.07) is 11.6. The summed E-state index contributed by atoms with van der Waals surface area (Å²) in [5, 5.41) is 17.1. The van der Waals surface area contributed by atoms with Crippen LogP contribution in [0.1, 0.15) is 34.5 Å². The zero-order chi connectivity index (χ0) is 21.4. The van der Waals surface area contributed by atoms with Gasteiger partial charge in [0, 0.05) is 36.8 Å². The van der Waals surface area contributed by atoms with Crippen LogP contribution in [0.15, 0.2) is 59.7 Å². The van der Waals surface area contributed by atoms with Crippen molar-refractivity contribution < 1.29 is 9.90 Å². The molecule has 3 heterocycles. The number of aromatic nitrogens is 4. The molecule has 1 unspecified atom stereocenters. The third-order valence-corrected chi connectivity index (χ3v) is 4.90. The number of hydrogen-bond acceptors (Lipinski definition) is 5. The van der Waals surface area contributed by atoms with Crippen molar-refractivity contribution in [1.29, 1.82) is 0 Å². The zero-order valence-electron chi connectivity index (χ0n) is 16.8. The first kappa shape index (κ1) is 19.4. The molecule has 0 amide bonds. The molecule has 1 aromatic carbocycles. The minimum absolute atomic E-state index is 0.181. The van der Waals surface area contributed by atoms with Crippen molar-refractivity contribution >= 4 is 17.3 Å². The Hall–Kier alpha value is -3.94. The van der Waals surface area contributed by atoms with Crippen molar-refractivity contribution in [2.24, 2.45) is 7.05 Å². The molecule has 0 spiro atoms. The minimum atomic E-state index is -1.01. The molecule has 2 N–H and O–H groups in total. The Morgan fingerprint density at radius 3 is 2.63 bits per heavy atom. The Balaban J connectivity index is 1.84. The number of nitrogens with one attached hydrogen (secondary N) is 1. The van der Waals surface area contributed by atoms with Crippen molar-refractivity contribution in [3.05, 3.63) is 81.9 Å². The molecule has 0 aliphatic carbocycles. The van der Waals surface area contributed by atoms with Crippen LogP contribution in [0.2, 0.25) is 0 Å². The van der Waals surface area contributed by atoms with Crippen LogP contribution in [-0.2, 0) is 7.05 Å². The van der Waals surface area contributed by atoms with Gasteiger partial charge in [-0.15, -0.1) is 0 Å². The number of benzene rings is 1. The van der Waals surface area contributed by atoms with Gasteiger partial charge in [-0.2, -0.15) is 5.10 Å². The molecule has 8 heteroatoms. The average Bonchev–Trinajstić information content (AvgIpc) is 3.14. The number of pyridine rings is 1. The van der Waals surface area contributed by atoms with Gasteiger partial charge in [0.25, 0.3) is 5.56 Å². The zero-order valence-corrected chi connectivity index (χ0v) is 16.8. The maximum absolute atomic E-state index is 12.8. The second-order valence-electron chi connectivity index (χ2n) is 7.24. The van der Waals surface area contributed by atoms with Gasteiger partial charge in [-0.1, -0.05) is 12.1 Å². The highest BCUT2D eigenvalue weighted by atomic mass is 16.4. The van der Waals surface area contributed by atoms with E-state index in [1.54, 1.807) is 54.5 Å². The smallest absolute Gasteiger partial charge is 0.337 e. The number of aromatic carboxylic acids is 1. The third kappa shape index (κ3) is 3.55. The molecular formula is C22H21N5O3. The van der Waals surface area contributed by atoms with Gasteiger partial charge in [0.2, 0.25) is 0 Å². The van der Waals surface area contributed by atoms with Gasteiger partial charge in [0.15, 0.2) is 0 Å². The predicted octanol–water partition coefficient (Wildman–Crippen LogP) is 3.27. The summed E-state index contributed by atoms with van der Waals surface area (Å²) < 4.78 is 3.17. The maximum Gasteiger partial charge on any atom is 0.337 e. The lowest BCUT2D eigenvalue weighted by Crippen LogP contribution is -2.19. The van der Waals surface area contributed by atoms with Crippen LogP contribution in [0.3, 0.4) is 0 Å². The van der Waals surface area contributed by atoms with Crippen molar-refractivity contribution in [1.82, 2.24) is 19.2 Å². The van der Waals surface area contributed by atoms with Gasteiger partial charge >= 0.3 is 5.97 Å². The van der Waals surface area contributed by atoms with Crippen molar-refractivity contribution in [2.75, 3.05) is 5.32 Å². The van der Waals surface area contributed by atoms with E-state index in [1.807, 2.05) is 19.9 Å². The summed E-state index contributed by atoms with van der Waals surface area (Å²) in [4.78, 5) is 29.1. The fourth-order valence-corrected chi connectivity index (χ4v) is 3.48. The summed E-state index contributed by atoms with van der Waals surface area (Å²) in [6.45, 7) is 3.81. The lowest BCUT2D eigenvalue weighted by molar-refractivity contribution is 0.0698. The molecule has 0 aliphatic rings. The highest BCUT2D eigenvalue weighted by Gasteiger charge is 2.17. The lowest BCUT2D eigenvalue weighted by atomic mass is 10.1. The Morgan fingerprint density at radius 2 is 1.93 bits per heavy atom. The number of rotatable bonds is 5. The molecule has 0 aliphatic heterocycles. The van der Waals surface area contributed by atoms with E-state index in [0.29, 0.717) is 22.7 Å². The number of fused-ring (bicyclic) bond motifs is 1. The van der Waals surface area contributed by atoms with E-state index in [0.717, 1.165) is 11.1 Å². The quantitative estimate of drug-likeness (QED) is 0.530. The molecule has 30 heavy (non-hydrogen) atoms. The van der Waals surface area contributed by atoms with E-state index in [4.69, 9.17) is 4.98 Å². The van der Waals surface area contributed by atoms with Gasteiger partial charge in [-0.25, -0.2) is 9.78 Å². The second kappa shape index (κ2) is 7.47. The molecule has 3 aromatic heterocycles. The van der Waals surface area contributed by atoms with Crippen LogP contribution in [0.25, 0.3) is 17.0 Å². The number of carbonyl (C=O) groups is 1. The first-order chi connectivity index (χ1) is 14.3. The Labute approximate surface area is 172 Å². The van der Waals surface area contributed by atoms with Crippen molar-refractivity contribution in [2.45, 2.75) is 19.9 Å². The van der Waals surface area contributed by atoms with E-state index >= 15 is 0 Å². The molecule has 152 valence electrons. The number of anilines is 1. The predicted molar refractivity (Wildman–Crippen MR) is 114 cm³/mol. The van der Waals surface area contributed by atoms with Gasteiger partial charge in [-0.05, 0) is 43.7 Å². The Bertz CT molecular complexity index is 1320. The van der Waals surface area contributed by atoms with Crippen molar-refractivity contribution in [3.8, 4) is 11.4 Å². The van der Waals surface area contributed by atoms with Crippen molar-refractivity contribution in [3.63, 3.8) is 0 Å². The lowest BCUT2D eigenvalue weighted by Gasteiger charge is -2.19. The first-order valence-electron chi connectivity index (χ1n) is 9.46. The normalized spacial score (nSPS) is 12.1. The van der Waals surface area contributed by atoms with Crippen LogP contribution in [-0.4, -0.2) is 30.2 Å². The average molecular weight is 403 g/mol. The fourth-order valence-electron chi connectivity index (χ4n) is 3.48. The number of nitrogens with zero attached hydrogens (tertiary/aromatic N) is 4. The topological polar surface area (TPSA) is 102 Å². The minimum Gasteiger partial charge on any atom is -0.478 e. The molecule has 0 radical (unpaired) electrons. The Kier molecular flexibility index (Phi) is 4.83. The largest absolute Gasteiger partial charge is 0.478 e. The Morgan fingerprint density at radius 1 is 1.17 bits per heavy atom. The number of carboxylic acids is 1.